The maximum atomic E-state index is 12.7. The molecule has 0 radical (unpaired) electrons. The van der Waals surface area contributed by atoms with E-state index in [1.165, 1.54) is 19.9 Å². The minimum absolute atomic E-state index is 0.0338. The predicted molar refractivity (Wildman–Crippen MR) is 104 cm³/mol. The molecule has 1 aliphatic heterocycles. The second-order valence-corrected chi connectivity index (χ2v) is 7.06. The summed E-state index contributed by atoms with van der Waals surface area (Å²) in [7, 11) is 0. The summed E-state index contributed by atoms with van der Waals surface area (Å²) in [5, 5.41) is 0.324. The van der Waals surface area contributed by atoms with Gasteiger partial charge in [0.1, 0.15) is 0 Å². The molecule has 2 aromatic carbocycles. The summed E-state index contributed by atoms with van der Waals surface area (Å²) in [5.74, 6) is -1.08. The molecule has 0 spiro atoms. The van der Waals surface area contributed by atoms with Gasteiger partial charge in [-0.25, -0.2) is 4.79 Å². The molecule has 0 aromatic heterocycles. The van der Waals surface area contributed by atoms with Gasteiger partial charge in [0.15, 0.2) is 6.10 Å². The Kier molecular flexibility index (Phi) is 5.53. The Morgan fingerprint density at radius 3 is 2.59 bits per heavy atom. The average Bonchev–Trinajstić information content (AvgIpc) is 3.06. The lowest BCUT2D eigenvalue weighted by Crippen LogP contribution is -2.26. The molecule has 1 aliphatic rings. The van der Waals surface area contributed by atoms with Crippen molar-refractivity contribution in [1.82, 2.24) is 0 Å². The molecule has 5 nitrogen and oxygen atoms in total. The minimum atomic E-state index is -0.990. The number of ketones is 1. The fourth-order valence-electron chi connectivity index (χ4n) is 3.06. The maximum Gasteiger partial charge on any atom is 0.340 e. The average molecular weight is 406 g/mol. The molecule has 140 valence electrons. The summed E-state index contributed by atoms with van der Waals surface area (Å²) in [6.07, 6.45) is -0.307. The lowest BCUT2D eigenvalue weighted by atomic mass is 10.0. The Morgan fingerprint density at radius 1 is 1.15 bits per heavy atom. The summed E-state index contributed by atoms with van der Waals surface area (Å²) in [4.78, 5) is 38.3. The number of hydrogen-bond donors (Lipinski definition) is 0. The quantitative estimate of drug-likeness (QED) is 0.560. The smallest absolute Gasteiger partial charge is 0.340 e. The predicted octanol–water partition coefficient (Wildman–Crippen LogP) is 4.33. The standard InChI is InChI=1S/C20H17Cl2NO4/c1-11(27-20(26)15-4-3-5-16(21)18(15)22)19(25)14-6-7-17-13(10-14)8-9-23(17)12(2)24/h3-7,10-11H,8-9H2,1-2H3. The second kappa shape index (κ2) is 7.71. The van der Waals surface area contributed by atoms with E-state index in [2.05, 4.69) is 0 Å². The van der Waals surface area contributed by atoms with E-state index in [-0.39, 0.29) is 27.3 Å². The van der Waals surface area contributed by atoms with Crippen LogP contribution in [-0.4, -0.2) is 30.3 Å². The molecule has 0 N–H and O–H groups in total. The van der Waals surface area contributed by atoms with E-state index in [0.29, 0.717) is 18.5 Å². The van der Waals surface area contributed by atoms with Crippen LogP contribution in [0.5, 0.6) is 0 Å². The van der Waals surface area contributed by atoms with E-state index in [0.717, 1.165) is 11.3 Å². The summed E-state index contributed by atoms with van der Waals surface area (Å²) in [5.41, 5.74) is 2.27. The van der Waals surface area contributed by atoms with Crippen LogP contribution in [0.15, 0.2) is 36.4 Å². The first kappa shape index (κ1) is 19.4. The van der Waals surface area contributed by atoms with Crippen molar-refractivity contribution >= 4 is 46.5 Å². The zero-order valence-electron chi connectivity index (χ0n) is 14.8. The Hall–Kier alpha value is -2.37. The normalized spacial score (nSPS) is 13.9. The van der Waals surface area contributed by atoms with Crippen LogP contribution in [0, 0.1) is 0 Å². The van der Waals surface area contributed by atoms with Gasteiger partial charge in [-0.15, -0.1) is 0 Å². The molecule has 0 saturated carbocycles. The monoisotopic (exact) mass is 405 g/mol. The molecular weight excluding hydrogens is 389 g/mol. The first-order valence-corrected chi connectivity index (χ1v) is 9.15. The highest BCUT2D eigenvalue weighted by Crippen LogP contribution is 2.30. The number of rotatable bonds is 4. The number of halogens is 2. The Morgan fingerprint density at radius 2 is 1.89 bits per heavy atom. The summed E-state index contributed by atoms with van der Waals surface area (Å²) >= 11 is 11.9. The van der Waals surface area contributed by atoms with E-state index in [1.807, 2.05) is 0 Å². The van der Waals surface area contributed by atoms with Crippen LogP contribution < -0.4 is 4.90 Å². The molecule has 2 aromatic rings. The molecule has 0 saturated heterocycles. The van der Waals surface area contributed by atoms with E-state index in [1.54, 1.807) is 35.2 Å². The van der Waals surface area contributed by atoms with E-state index in [4.69, 9.17) is 27.9 Å². The van der Waals surface area contributed by atoms with Crippen molar-refractivity contribution in [2.24, 2.45) is 0 Å². The number of hydrogen-bond acceptors (Lipinski definition) is 4. The Bertz CT molecular complexity index is 942. The van der Waals surface area contributed by atoms with Crippen molar-refractivity contribution in [2.45, 2.75) is 26.4 Å². The number of ether oxygens (including phenoxy) is 1. The van der Waals surface area contributed by atoms with Gasteiger partial charge in [0, 0.05) is 24.7 Å². The molecule has 3 rings (SSSR count). The highest BCUT2D eigenvalue weighted by molar-refractivity contribution is 6.43. The van der Waals surface area contributed by atoms with Crippen LogP contribution in [-0.2, 0) is 16.0 Å². The Balaban J connectivity index is 1.75. The van der Waals surface area contributed by atoms with Gasteiger partial charge in [-0.3, -0.25) is 9.59 Å². The Labute approximate surface area is 166 Å². The molecule has 0 aliphatic carbocycles. The maximum absolute atomic E-state index is 12.7. The van der Waals surface area contributed by atoms with Gasteiger partial charge in [-0.1, -0.05) is 29.3 Å². The first-order chi connectivity index (χ1) is 12.8. The summed E-state index contributed by atoms with van der Waals surface area (Å²) in [6.45, 7) is 3.62. The van der Waals surface area contributed by atoms with Crippen LogP contribution in [0.1, 0.15) is 40.1 Å². The third-order valence-corrected chi connectivity index (χ3v) is 5.28. The molecule has 27 heavy (non-hydrogen) atoms. The van der Waals surface area contributed by atoms with Crippen LogP contribution >= 0.6 is 23.2 Å². The molecule has 7 heteroatoms. The van der Waals surface area contributed by atoms with Crippen molar-refractivity contribution < 1.29 is 19.1 Å². The van der Waals surface area contributed by atoms with Gasteiger partial charge in [0.05, 0.1) is 15.6 Å². The van der Waals surface area contributed by atoms with Gasteiger partial charge < -0.3 is 9.64 Å². The highest BCUT2D eigenvalue weighted by atomic mass is 35.5. The number of Topliss-reactive ketones (excluding diaryl/α,β-unsaturated/α-hetero) is 1. The van der Waals surface area contributed by atoms with Crippen molar-refractivity contribution in [1.29, 1.82) is 0 Å². The molecule has 0 bridgehead atoms. The van der Waals surface area contributed by atoms with Gasteiger partial charge in [0.25, 0.3) is 0 Å². The van der Waals surface area contributed by atoms with Crippen LogP contribution in [0.3, 0.4) is 0 Å². The summed E-state index contributed by atoms with van der Waals surface area (Å²) in [6, 6.07) is 9.76. The van der Waals surface area contributed by atoms with Crippen molar-refractivity contribution in [2.75, 3.05) is 11.4 Å². The zero-order chi connectivity index (χ0) is 19.7. The van der Waals surface area contributed by atoms with Gasteiger partial charge in [0.2, 0.25) is 11.7 Å². The SMILES string of the molecule is CC(=O)N1CCc2cc(C(=O)C(C)OC(=O)c3cccc(Cl)c3Cl)ccc21. The number of amides is 1. The number of anilines is 1. The van der Waals surface area contributed by atoms with E-state index in [9.17, 15) is 14.4 Å². The second-order valence-electron chi connectivity index (χ2n) is 6.28. The van der Waals surface area contributed by atoms with Gasteiger partial charge in [-0.2, -0.15) is 0 Å². The molecule has 1 unspecified atom stereocenters. The lowest BCUT2D eigenvalue weighted by Gasteiger charge is -2.16. The third-order valence-electron chi connectivity index (χ3n) is 4.46. The summed E-state index contributed by atoms with van der Waals surface area (Å²) < 4.78 is 5.27. The molecular formula is C20H17Cl2NO4. The molecule has 0 fully saturated rings. The van der Waals surface area contributed by atoms with E-state index >= 15 is 0 Å². The number of esters is 1. The topological polar surface area (TPSA) is 63.7 Å². The van der Waals surface area contributed by atoms with Gasteiger partial charge in [-0.05, 0) is 49.2 Å². The molecule has 1 amide bonds. The largest absolute Gasteiger partial charge is 0.451 e. The number of carbonyl (C=O) groups is 3. The van der Waals surface area contributed by atoms with Crippen molar-refractivity contribution in [3.05, 3.63) is 63.1 Å². The van der Waals surface area contributed by atoms with Gasteiger partial charge >= 0.3 is 5.97 Å². The number of carbonyl (C=O) groups excluding carboxylic acids is 3. The molecule has 1 heterocycles. The highest BCUT2D eigenvalue weighted by Gasteiger charge is 2.26. The third kappa shape index (κ3) is 3.84. The van der Waals surface area contributed by atoms with Crippen molar-refractivity contribution in [3.63, 3.8) is 0 Å². The number of benzene rings is 2. The lowest BCUT2D eigenvalue weighted by molar-refractivity contribution is -0.116. The van der Waals surface area contributed by atoms with Crippen LogP contribution in [0.2, 0.25) is 10.0 Å². The zero-order valence-corrected chi connectivity index (χ0v) is 16.3. The molecule has 1 atom stereocenters. The fourth-order valence-corrected chi connectivity index (χ4v) is 3.43. The number of fused-ring (bicyclic) bond motifs is 1. The minimum Gasteiger partial charge on any atom is -0.451 e. The van der Waals surface area contributed by atoms with E-state index < -0.39 is 12.1 Å². The first-order valence-electron chi connectivity index (χ1n) is 8.40. The van der Waals surface area contributed by atoms with Crippen LogP contribution in [0.4, 0.5) is 5.69 Å². The number of nitrogens with zero attached hydrogens (tertiary/aromatic N) is 1. The van der Waals surface area contributed by atoms with Crippen LogP contribution in [0.25, 0.3) is 0 Å². The fraction of sp³-hybridized carbons (Fsp3) is 0.250. The van der Waals surface area contributed by atoms with Crippen molar-refractivity contribution in [3.8, 4) is 0 Å².